The Kier molecular flexibility index (Phi) is 12.7. The molecular weight excluding hydrogens is 340 g/mol. The molecule has 0 spiro atoms. The van der Waals surface area contributed by atoms with Gasteiger partial charge in [0.15, 0.2) is 0 Å². The summed E-state index contributed by atoms with van der Waals surface area (Å²) in [5.74, 6) is 0.195. The van der Waals surface area contributed by atoms with Gasteiger partial charge < -0.3 is 20.1 Å². The van der Waals surface area contributed by atoms with E-state index < -0.39 is 11.7 Å². The van der Waals surface area contributed by atoms with Crippen molar-refractivity contribution in [3.05, 3.63) is 24.5 Å². The highest BCUT2D eigenvalue weighted by Gasteiger charge is 2.53. The number of aliphatic hydroxyl groups is 3. The van der Waals surface area contributed by atoms with Crippen LogP contribution in [-0.4, -0.2) is 40.2 Å². The van der Waals surface area contributed by atoms with Crippen LogP contribution < -0.4 is 0 Å². The number of hydrogen-bond acceptors (Lipinski definition) is 4. The molecular formula is C23H42O4. The minimum absolute atomic E-state index is 0.0192. The smallest absolute Gasteiger partial charge is 0.106 e. The summed E-state index contributed by atoms with van der Waals surface area (Å²) in [6.45, 7) is 5.17. The highest BCUT2D eigenvalue weighted by atomic mass is 16.5. The van der Waals surface area contributed by atoms with Gasteiger partial charge in [0.25, 0.3) is 0 Å². The Bertz CT molecular complexity index is 421. The second-order valence-electron chi connectivity index (χ2n) is 7.85. The lowest BCUT2D eigenvalue weighted by molar-refractivity contribution is -0.149. The van der Waals surface area contributed by atoms with Gasteiger partial charge >= 0.3 is 0 Å². The van der Waals surface area contributed by atoms with Gasteiger partial charge in [0.2, 0.25) is 0 Å². The number of ether oxygens (including phenoxy) is 1. The molecule has 1 fully saturated rings. The molecule has 0 heterocycles. The normalized spacial score (nSPS) is 27.1. The Morgan fingerprint density at radius 3 is 2.52 bits per heavy atom. The van der Waals surface area contributed by atoms with Crippen molar-refractivity contribution in [1.82, 2.24) is 0 Å². The first kappa shape index (κ1) is 24.2. The number of aliphatic hydroxyl groups excluding tert-OH is 3. The molecule has 0 bridgehead atoms. The topological polar surface area (TPSA) is 69.9 Å². The Hall–Kier alpha value is -0.840. The van der Waals surface area contributed by atoms with E-state index in [-0.39, 0.29) is 18.4 Å². The summed E-state index contributed by atoms with van der Waals surface area (Å²) in [5.41, 5.74) is -0.627. The van der Waals surface area contributed by atoms with Crippen LogP contribution in [0.4, 0.5) is 0 Å². The summed E-state index contributed by atoms with van der Waals surface area (Å²) < 4.78 is 6.40. The second kappa shape index (κ2) is 14.2. The van der Waals surface area contributed by atoms with Crippen LogP contribution in [0, 0.1) is 11.8 Å². The molecule has 0 radical (unpaired) electrons. The van der Waals surface area contributed by atoms with Crippen LogP contribution in [0.15, 0.2) is 24.5 Å². The predicted molar refractivity (Wildman–Crippen MR) is 112 cm³/mol. The van der Waals surface area contributed by atoms with Crippen LogP contribution in [-0.2, 0) is 4.74 Å². The number of unbranched alkanes of at least 4 members (excludes halogenated alkanes) is 5. The van der Waals surface area contributed by atoms with Crippen LogP contribution >= 0.6 is 0 Å². The molecule has 0 aromatic carbocycles. The number of hydrogen-bond donors (Lipinski definition) is 3. The Morgan fingerprint density at radius 1 is 1.07 bits per heavy atom. The van der Waals surface area contributed by atoms with Crippen molar-refractivity contribution in [3.8, 4) is 0 Å². The lowest BCUT2D eigenvalue weighted by atomic mass is 9.74. The van der Waals surface area contributed by atoms with Crippen molar-refractivity contribution < 1.29 is 20.1 Å². The monoisotopic (exact) mass is 382 g/mol. The zero-order valence-corrected chi connectivity index (χ0v) is 17.5. The second-order valence-corrected chi connectivity index (χ2v) is 7.85. The van der Waals surface area contributed by atoms with Crippen molar-refractivity contribution in [2.45, 2.75) is 96.2 Å². The van der Waals surface area contributed by atoms with Gasteiger partial charge in [-0.25, -0.2) is 0 Å². The van der Waals surface area contributed by atoms with E-state index in [2.05, 4.69) is 26.0 Å². The van der Waals surface area contributed by atoms with Crippen LogP contribution in [0.1, 0.15) is 84.5 Å². The first-order valence-corrected chi connectivity index (χ1v) is 11.1. The minimum atomic E-state index is -0.627. The van der Waals surface area contributed by atoms with Crippen LogP contribution in [0.3, 0.4) is 0 Å². The fourth-order valence-electron chi connectivity index (χ4n) is 4.38. The standard InChI is InChI=1S/C23H42O4/c1-3-5-12-21(16-18-25)23(27-19-4-2)20(14-15-22(23)26)13-10-8-6-7-9-11-17-24/h10,13,16,18,20-22,24-26H,3-9,11-12,14-15,17,19H2,1-2H3/b13-10+,18-16?/t20-,21-,22-,23?/m0/s1. The van der Waals surface area contributed by atoms with Gasteiger partial charge in [0.1, 0.15) is 5.60 Å². The molecule has 0 aliphatic heterocycles. The molecule has 0 aromatic heterocycles. The van der Waals surface area contributed by atoms with E-state index in [4.69, 9.17) is 9.84 Å². The molecule has 1 aliphatic carbocycles. The maximum atomic E-state index is 10.9. The SMILES string of the molecule is CCCC[C@@H](C=CO)C1(OCCC)[C@@H](O)CC[C@@H]1/C=C/CCCCCCO. The minimum Gasteiger partial charge on any atom is -0.516 e. The molecule has 0 aromatic rings. The Balaban J connectivity index is 2.87. The third-order valence-corrected chi connectivity index (χ3v) is 5.82. The largest absolute Gasteiger partial charge is 0.516 e. The molecule has 1 rings (SSSR count). The van der Waals surface area contributed by atoms with Crippen LogP contribution in [0.5, 0.6) is 0 Å². The first-order valence-electron chi connectivity index (χ1n) is 11.1. The highest BCUT2D eigenvalue weighted by molar-refractivity contribution is 5.15. The summed E-state index contributed by atoms with van der Waals surface area (Å²) in [7, 11) is 0. The first-order chi connectivity index (χ1) is 13.2. The van der Waals surface area contributed by atoms with Crippen molar-refractivity contribution in [3.63, 3.8) is 0 Å². The molecule has 0 saturated heterocycles. The van der Waals surface area contributed by atoms with Gasteiger partial charge in [-0.2, -0.15) is 0 Å². The van der Waals surface area contributed by atoms with Crippen LogP contribution in [0.25, 0.3) is 0 Å². The average molecular weight is 383 g/mol. The van der Waals surface area contributed by atoms with Crippen molar-refractivity contribution in [2.24, 2.45) is 11.8 Å². The van der Waals surface area contributed by atoms with Crippen molar-refractivity contribution >= 4 is 0 Å². The van der Waals surface area contributed by atoms with E-state index in [0.717, 1.165) is 76.9 Å². The third kappa shape index (κ3) is 7.24. The van der Waals surface area contributed by atoms with Gasteiger partial charge in [-0.3, -0.25) is 0 Å². The van der Waals surface area contributed by atoms with Crippen molar-refractivity contribution in [1.29, 1.82) is 0 Å². The maximum absolute atomic E-state index is 10.9. The van der Waals surface area contributed by atoms with E-state index in [1.54, 1.807) is 0 Å². The summed E-state index contributed by atoms with van der Waals surface area (Å²) in [5, 5.41) is 29.3. The molecule has 4 atom stereocenters. The number of allylic oxidation sites excluding steroid dienone is 1. The van der Waals surface area contributed by atoms with Gasteiger partial charge in [0, 0.05) is 25.0 Å². The molecule has 158 valence electrons. The summed E-state index contributed by atoms with van der Waals surface area (Å²) in [6.07, 6.45) is 17.9. The maximum Gasteiger partial charge on any atom is 0.106 e. The molecule has 1 unspecified atom stereocenters. The lowest BCUT2D eigenvalue weighted by Crippen LogP contribution is -2.51. The van der Waals surface area contributed by atoms with E-state index in [1.807, 2.05) is 6.08 Å². The summed E-state index contributed by atoms with van der Waals surface area (Å²) >= 11 is 0. The van der Waals surface area contributed by atoms with Gasteiger partial charge in [-0.1, -0.05) is 51.7 Å². The van der Waals surface area contributed by atoms with E-state index in [9.17, 15) is 10.2 Å². The van der Waals surface area contributed by atoms with Crippen LogP contribution in [0.2, 0.25) is 0 Å². The van der Waals surface area contributed by atoms with E-state index in [0.29, 0.717) is 6.61 Å². The fourth-order valence-corrected chi connectivity index (χ4v) is 4.38. The van der Waals surface area contributed by atoms with Crippen molar-refractivity contribution in [2.75, 3.05) is 13.2 Å². The zero-order valence-electron chi connectivity index (χ0n) is 17.5. The highest BCUT2D eigenvalue weighted by Crippen LogP contribution is 2.47. The summed E-state index contributed by atoms with van der Waals surface area (Å²) in [6, 6.07) is 0. The molecule has 0 amide bonds. The quantitative estimate of drug-likeness (QED) is 0.204. The summed E-state index contributed by atoms with van der Waals surface area (Å²) in [4.78, 5) is 0. The fraction of sp³-hybridized carbons (Fsp3) is 0.826. The van der Waals surface area contributed by atoms with E-state index >= 15 is 0 Å². The molecule has 1 aliphatic rings. The van der Waals surface area contributed by atoms with Gasteiger partial charge in [0.05, 0.1) is 12.4 Å². The molecule has 1 saturated carbocycles. The lowest BCUT2D eigenvalue weighted by Gasteiger charge is -2.42. The average Bonchev–Trinajstić information content (AvgIpc) is 2.99. The molecule has 4 nitrogen and oxygen atoms in total. The third-order valence-electron chi connectivity index (χ3n) is 5.82. The Morgan fingerprint density at radius 2 is 1.85 bits per heavy atom. The number of rotatable bonds is 15. The molecule has 27 heavy (non-hydrogen) atoms. The van der Waals surface area contributed by atoms with Gasteiger partial charge in [-0.15, -0.1) is 0 Å². The zero-order chi connectivity index (χ0) is 20.0. The molecule has 3 N–H and O–H groups in total. The molecule has 4 heteroatoms. The predicted octanol–water partition coefficient (Wildman–Crippen LogP) is 5.30. The van der Waals surface area contributed by atoms with Gasteiger partial charge in [-0.05, 0) is 51.0 Å². The van der Waals surface area contributed by atoms with E-state index in [1.165, 1.54) is 0 Å². The Labute approximate surface area is 166 Å².